The summed E-state index contributed by atoms with van der Waals surface area (Å²) >= 11 is 0. The number of nitrogen functional groups attached to an aromatic ring is 1. The van der Waals surface area contributed by atoms with E-state index in [0.29, 0.717) is 23.7 Å². The summed E-state index contributed by atoms with van der Waals surface area (Å²) in [6.07, 6.45) is 5.77. The first kappa shape index (κ1) is 14.1. The van der Waals surface area contributed by atoms with Crippen molar-refractivity contribution in [1.29, 1.82) is 0 Å². The van der Waals surface area contributed by atoms with Crippen molar-refractivity contribution in [3.05, 3.63) is 22.2 Å². The Morgan fingerprint density at radius 2 is 2.37 bits per heavy atom. The van der Waals surface area contributed by atoms with Crippen LogP contribution >= 0.6 is 0 Å². The Kier molecular flexibility index (Phi) is 4.24. The van der Waals surface area contributed by atoms with Crippen LogP contribution in [0.15, 0.2) is 10.9 Å². The summed E-state index contributed by atoms with van der Waals surface area (Å²) in [4.78, 5) is 18.1. The predicted octanol–water partition coefficient (Wildman–Crippen LogP) is 1.45. The molecule has 0 bridgehead atoms. The summed E-state index contributed by atoms with van der Waals surface area (Å²) in [5.41, 5.74) is 5.82. The molecule has 0 spiro atoms. The van der Waals surface area contributed by atoms with Gasteiger partial charge in [-0.1, -0.05) is 20.3 Å². The number of aromatic amines is 1. The Morgan fingerprint density at radius 3 is 3.05 bits per heavy atom. The van der Waals surface area contributed by atoms with Gasteiger partial charge in [0.1, 0.15) is 11.6 Å². The molecule has 1 aliphatic carbocycles. The van der Waals surface area contributed by atoms with Gasteiger partial charge < -0.3 is 16.0 Å². The molecule has 106 valence electrons. The van der Waals surface area contributed by atoms with Crippen LogP contribution in [0.5, 0.6) is 0 Å². The Labute approximate surface area is 114 Å². The lowest BCUT2D eigenvalue weighted by Gasteiger charge is -2.35. The summed E-state index contributed by atoms with van der Waals surface area (Å²) in [7, 11) is 0. The molecule has 5 heteroatoms. The first-order valence-corrected chi connectivity index (χ1v) is 7.04. The zero-order valence-corrected chi connectivity index (χ0v) is 11.8. The largest absolute Gasteiger partial charge is 0.383 e. The van der Waals surface area contributed by atoms with E-state index in [2.05, 4.69) is 29.1 Å². The molecule has 4 N–H and O–H groups in total. The first-order chi connectivity index (χ1) is 8.94. The van der Waals surface area contributed by atoms with Crippen LogP contribution in [0, 0.1) is 5.41 Å². The van der Waals surface area contributed by atoms with Gasteiger partial charge in [0.05, 0.1) is 0 Å². The number of anilines is 1. The highest BCUT2D eigenvalue weighted by Crippen LogP contribution is 2.34. The van der Waals surface area contributed by atoms with Gasteiger partial charge in [-0.05, 0) is 24.7 Å². The molecular formula is C14H24N4O. The van der Waals surface area contributed by atoms with Crippen LogP contribution in [0.4, 0.5) is 5.82 Å². The maximum absolute atomic E-state index is 11.3. The van der Waals surface area contributed by atoms with Crippen molar-refractivity contribution in [2.75, 3.05) is 12.3 Å². The second-order valence-electron chi connectivity index (χ2n) is 6.28. The number of nitrogens with two attached hydrogens (primary N) is 1. The predicted molar refractivity (Wildman–Crippen MR) is 77.0 cm³/mol. The number of H-pyrrole nitrogens is 1. The van der Waals surface area contributed by atoms with Gasteiger partial charge >= 0.3 is 0 Å². The van der Waals surface area contributed by atoms with Gasteiger partial charge in [-0.25, -0.2) is 4.98 Å². The Balaban J connectivity index is 1.81. The van der Waals surface area contributed by atoms with Crippen molar-refractivity contribution in [1.82, 2.24) is 15.3 Å². The zero-order chi connectivity index (χ0) is 13.9. The third-order valence-electron chi connectivity index (χ3n) is 3.81. The average Bonchev–Trinajstić information content (AvgIpc) is 2.26. The molecule has 1 saturated carbocycles. The van der Waals surface area contributed by atoms with E-state index in [1.54, 1.807) is 0 Å². The smallest absolute Gasteiger partial charge is 0.252 e. The number of aromatic nitrogens is 2. The van der Waals surface area contributed by atoms with E-state index >= 15 is 0 Å². The van der Waals surface area contributed by atoms with E-state index < -0.39 is 0 Å². The van der Waals surface area contributed by atoms with Gasteiger partial charge in [0, 0.05) is 25.1 Å². The van der Waals surface area contributed by atoms with Crippen LogP contribution in [0.2, 0.25) is 0 Å². The highest BCUT2D eigenvalue weighted by atomic mass is 16.1. The summed E-state index contributed by atoms with van der Waals surface area (Å²) in [6, 6.07) is 1.89. The molecule has 1 fully saturated rings. The molecule has 0 amide bonds. The molecule has 0 aliphatic heterocycles. The summed E-state index contributed by atoms with van der Waals surface area (Å²) in [5, 5.41) is 3.56. The van der Waals surface area contributed by atoms with Crippen molar-refractivity contribution in [2.24, 2.45) is 5.41 Å². The van der Waals surface area contributed by atoms with E-state index in [0.717, 1.165) is 6.54 Å². The molecule has 1 atom stereocenters. The van der Waals surface area contributed by atoms with Crippen LogP contribution in [0.1, 0.15) is 45.4 Å². The lowest BCUT2D eigenvalue weighted by atomic mass is 9.75. The summed E-state index contributed by atoms with van der Waals surface area (Å²) in [6.45, 7) is 5.49. The number of hydrogen-bond acceptors (Lipinski definition) is 4. The highest BCUT2D eigenvalue weighted by Gasteiger charge is 2.27. The zero-order valence-electron chi connectivity index (χ0n) is 11.8. The van der Waals surface area contributed by atoms with E-state index in [1.807, 2.05) is 0 Å². The monoisotopic (exact) mass is 264 g/mol. The third kappa shape index (κ3) is 4.35. The standard InChI is InChI=1S/C14H24N4O/c1-14(2)6-3-4-10(9-14)16-7-5-12-17-11(15)8-13(19)18-12/h8,10,16H,3-7,9H2,1-2H3,(H3,15,17,18,19)/t10-/m0/s1. The van der Waals surface area contributed by atoms with Crippen LogP contribution < -0.4 is 16.6 Å². The number of nitrogens with zero attached hydrogens (tertiary/aromatic N) is 1. The summed E-state index contributed by atoms with van der Waals surface area (Å²) in [5.74, 6) is 0.949. The molecule has 19 heavy (non-hydrogen) atoms. The maximum atomic E-state index is 11.3. The van der Waals surface area contributed by atoms with Crippen LogP contribution in [0.25, 0.3) is 0 Å². The molecule has 0 unspecified atom stereocenters. The molecule has 0 aromatic carbocycles. The molecule has 2 rings (SSSR count). The fraction of sp³-hybridized carbons (Fsp3) is 0.714. The molecule has 1 heterocycles. The van der Waals surface area contributed by atoms with Crippen molar-refractivity contribution in [2.45, 2.75) is 52.0 Å². The molecule has 1 aliphatic rings. The molecule has 1 aromatic rings. The quantitative estimate of drug-likeness (QED) is 0.768. The number of nitrogens with one attached hydrogen (secondary N) is 2. The van der Waals surface area contributed by atoms with Crippen LogP contribution in [0.3, 0.4) is 0 Å². The maximum Gasteiger partial charge on any atom is 0.252 e. The minimum atomic E-state index is -0.179. The van der Waals surface area contributed by atoms with Gasteiger partial charge in [-0.2, -0.15) is 0 Å². The lowest BCUT2D eigenvalue weighted by Crippen LogP contribution is -2.38. The number of hydrogen-bond donors (Lipinski definition) is 3. The Bertz CT molecular complexity index is 481. The topological polar surface area (TPSA) is 83.8 Å². The Hall–Kier alpha value is -1.36. The van der Waals surface area contributed by atoms with Gasteiger partial charge in [-0.15, -0.1) is 0 Å². The first-order valence-electron chi connectivity index (χ1n) is 7.04. The Morgan fingerprint density at radius 1 is 1.58 bits per heavy atom. The SMILES string of the molecule is CC1(C)CCC[C@H](NCCc2nc(N)cc(=O)[nH]2)C1. The molecule has 1 aromatic heterocycles. The highest BCUT2D eigenvalue weighted by molar-refractivity contribution is 5.25. The molecular weight excluding hydrogens is 240 g/mol. The summed E-state index contributed by atoms with van der Waals surface area (Å²) < 4.78 is 0. The number of rotatable bonds is 4. The second kappa shape index (κ2) is 5.74. The van der Waals surface area contributed by atoms with Crippen molar-refractivity contribution < 1.29 is 0 Å². The van der Waals surface area contributed by atoms with Crippen molar-refractivity contribution in [3.63, 3.8) is 0 Å². The third-order valence-corrected chi connectivity index (χ3v) is 3.81. The van der Waals surface area contributed by atoms with E-state index in [1.165, 1.54) is 31.7 Å². The van der Waals surface area contributed by atoms with Gasteiger partial charge in [0.2, 0.25) is 0 Å². The van der Waals surface area contributed by atoms with E-state index in [4.69, 9.17) is 5.73 Å². The van der Waals surface area contributed by atoms with Crippen molar-refractivity contribution >= 4 is 5.82 Å². The second-order valence-corrected chi connectivity index (χ2v) is 6.28. The van der Waals surface area contributed by atoms with Crippen LogP contribution in [-0.2, 0) is 6.42 Å². The normalized spacial score (nSPS) is 22.3. The minimum Gasteiger partial charge on any atom is -0.383 e. The van der Waals surface area contributed by atoms with Crippen LogP contribution in [-0.4, -0.2) is 22.6 Å². The molecule has 0 saturated heterocycles. The van der Waals surface area contributed by atoms with E-state index in [9.17, 15) is 4.79 Å². The van der Waals surface area contributed by atoms with Gasteiger partial charge in [-0.3, -0.25) is 4.79 Å². The molecule has 5 nitrogen and oxygen atoms in total. The molecule has 0 radical (unpaired) electrons. The van der Waals surface area contributed by atoms with Gasteiger partial charge in [0.15, 0.2) is 0 Å². The fourth-order valence-corrected chi connectivity index (χ4v) is 2.91. The fourth-order valence-electron chi connectivity index (χ4n) is 2.91. The van der Waals surface area contributed by atoms with Gasteiger partial charge in [0.25, 0.3) is 5.56 Å². The van der Waals surface area contributed by atoms with E-state index in [-0.39, 0.29) is 11.4 Å². The minimum absolute atomic E-state index is 0.179. The average molecular weight is 264 g/mol. The van der Waals surface area contributed by atoms with Crippen molar-refractivity contribution in [3.8, 4) is 0 Å². The lowest BCUT2D eigenvalue weighted by molar-refractivity contribution is 0.199.